The van der Waals surface area contributed by atoms with Gasteiger partial charge in [-0.1, -0.05) is 42.5 Å². The Kier molecular flexibility index (Phi) is 8.71. The molecule has 0 aliphatic carbocycles. The molecule has 0 aliphatic rings. The summed E-state index contributed by atoms with van der Waals surface area (Å²) in [6.07, 6.45) is 0.634. The number of ketones is 2. The van der Waals surface area contributed by atoms with E-state index in [9.17, 15) is 9.59 Å². The molecule has 4 aromatic rings. The van der Waals surface area contributed by atoms with Gasteiger partial charge in [0.15, 0.2) is 11.6 Å². The zero-order valence-corrected chi connectivity index (χ0v) is 21.1. The third-order valence-electron chi connectivity index (χ3n) is 6.29. The third-order valence-corrected chi connectivity index (χ3v) is 6.29. The van der Waals surface area contributed by atoms with E-state index < -0.39 is 5.92 Å². The number of methoxy groups -OCH3 is 2. The first-order valence-corrected chi connectivity index (χ1v) is 12.2. The Morgan fingerprint density at radius 1 is 0.649 bits per heavy atom. The van der Waals surface area contributed by atoms with Crippen LogP contribution in [0.1, 0.15) is 50.6 Å². The first-order valence-electron chi connectivity index (χ1n) is 12.2. The zero-order valence-electron chi connectivity index (χ0n) is 21.1. The second kappa shape index (κ2) is 12.5. The van der Waals surface area contributed by atoms with Gasteiger partial charge in [0.1, 0.15) is 23.9 Å². The van der Waals surface area contributed by atoms with E-state index in [0.29, 0.717) is 41.4 Å². The van der Waals surface area contributed by atoms with Crippen molar-refractivity contribution >= 4 is 11.6 Å². The summed E-state index contributed by atoms with van der Waals surface area (Å²) in [6.45, 7) is 0.454. The van der Waals surface area contributed by atoms with Gasteiger partial charge in [-0.15, -0.1) is 0 Å². The minimum absolute atomic E-state index is 0.0152. The van der Waals surface area contributed by atoms with Gasteiger partial charge in [0.05, 0.1) is 14.2 Å². The van der Waals surface area contributed by atoms with Gasteiger partial charge in [-0.2, -0.15) is 0 Å². The number of rotatable bonds is 12. The second-order valence-corrected chi connectivity index (χ2v) is 8.68. The Balaban J connectivity index is 1.48. The number of hydrogen-bond donors (Lipinski definition) is 0. The van der Waals surface area contributed by atoms with E-state index in [1.807, 2.05) is 66.7 Å². The Labute approximate surface area is 217 Å². The van der Waals surface area contributed by atoms with Crippen molar-refractivity contribution in [1.29, 1.82) is 0 Å². The van der Waals surface area contributed by atoms with Crippen molar-refractivity contribution in [3.8, 4) is 17.2 Å². The zero-order chi connectivity index (χ0) is 26.0. The van der Waals surface area contributed by atoms with Crippen LogP contribution in [0.3, 0.4) is 0 Å². The van der Waals surface area contributed by atoms with Crippen molar-refractivity contribution in [3.63, 3.8) is 0 Å². The highest BCUT2D eigenvalue weighted by Crippen LogP contribution is 2.29. The third kappa shape index (κ3) is 6.85. The molecular formula is C32H30O5. The molecule has 37 heavy (non-hydrogen) atoms. The fraction of sp³-hybridized carbons (Fsp3) is 0.188. The molecule has 0 aromatic heterocycles. The second-order valence-electron chi connectivity index (χ2n) is 8.68. The topological polar surface area (TPSA) is 61.8 Å². The fourth-order valence-electron chi connectivity index (χ4n) is 4.14. The van der Waals surface area contributed by atoms with Crippen molar-refractivity contribution in [2.75, 3.05) is 14.2 Å². The first kappa shape index (κ1) is 25.7. The van der Waals surface area contributed by atoms with Gasteiger partial charge in [-0.25, -0.2) is 0 Å². The fourth-order valence-corrected chi connectivity index (χ4v) is 4.14. The summed E-state index contributed by atoms with van der Waals surface area (Å²) in [5.74, 6) is 1.57. The summed E-state index contributed by atoms with van der Waals surface area (Å²) in [7, 11) is 3.19. The smallest absolute Gasteiger partial charge is 0.170 e. The Bertz CT molecular complexity index is 1290. The van der Waals surface area contributed by atoms with Gasteiger partial charge in [0.2, 0.25) is 0 Å². The number of carbonyl (C=O) groups is 2. The molecule has 1 unspecified atom stereocenters. The molecule has 0 N–H and O–H groups in total. The molecule has 188 valence electrons. The maximum Gasteiger partial charge on any atom is 0.170 e. The predicted molar refractivity (Wildman–Crippen MR) is 144 cm³/mol. The lowest BCUT2D eigenvalue weighted by atomic mass is 9.86. The van der Waals surface area contributed by atoms with Crippen molar-refractivity contribution in [2.45, 2.75) is 25.4 Å². The molecule has 0 amide bonds. The summed E-state index contributed by atoms with van der Waals surface area (Å²) >= 11 is 0. The molecule has 0 saturated carbocycles. The summed E-state index contributed by atoms with van der Waals surface area (Å²) in [4.78, 5) is 26.5. The number of carbonyl (C=O) groups excluding carboxylic acids is 2. The number of Topliss-reactive ketones (excluding diaryl/α,β-unsaturated/α-hetero) is 2. The summed E-state index contributed by atoms with van der Waals surface area (Å²) in [6, 6.07) is 31.6. The van der Waals surface area contributed by atoms with E-state index in [2.05, 4.69) is 0 Å². The van der Waals surface area contributed by atoms with Gasteiger partial charge < -0.3 is 14.2 Å². The van der Waals surface area contributed by atoms with Gasteiger partial charge in [0, 0.05) is 23.5 Å². The maximum absolute atomic E-state index is 13.6. The average Bonchev–Trinajstić information content (AvgIpc) is 2.97. The largest absolute Gasteiger partial charge is 0.497 e. The van der Waals surface area contributed by atoms with Crippen LogP contribution in [0.2, 0.25) is 0 Å². The van der Waals surface area contributed by atoms with E-state index >= 15 is 0 Å². The molecule has 0 heterocycles. The van der Waals surface area contributed by atoms with E-state index in [1.165, 1.54) is 0 Å². The molecular weight excluding hydrogens is 464 g/mol. The molecule has 4 rings (SSSR count). The SMILES string of the molecule is COc1ccc(C(=O)CCC(C(=O)c2ccc(OCc3ccccc3)cc2)c2ccc(OC)cc2)cc1. The van der Waals surface area contributed by atoms with E-state index in [0.717, 1.165) is 11.1 Å². The van der Waals surface area contributed by atoms with Gasteiger partial charge in [-0.05, 0) is 78.2 Å². The van der Waals surface area contributed by atoms with E-state index in [-0.39, 0.29) is 18.0 Å². The summed E-state index contributed by atoms with van der Waals surface area (Å²) in [5, 5.41) is 0. The number of hydrogen-bond acceptors (Lipinski definition) is 5. The molecule has 5 nitrogen and oxygen atoms in total. The van der Waals surface area contributed by atoms with Crippen LogP contribution >= 0.6 is 0 Å². The monoisotopic (exact) mass is 494 g/mol. The Morgan fingerprint density at radius 3 is 1.78 bits per heavy atom. The highest BCUT2D eigenvalue weighted by Gasteiger charge is 2.24. The lowest BCUT2D eigenvalue weighted by Gasteiger charge is -2.17. The minimum Gasteiger partial charge on any atom is -0.497 e. The quantitative estimate of drug-likeness (QED) is 0.200. The van der Waals surface area contributed by atoms with Gasteiger partial charge >= 0.3 is 0 Å². The van der Waals surface area contributed by atoms with Gasteiger partial charge in [-0.3, -0.25) is 9.59 Å². The minimum atomic E-state index is -0.468. The lowest BCUT2D eigenvalue weighted by molar-refractivity contribution is 0.0936. The van der Waals surface area contributed by atoms with Crippen LogP contribution in [0.4, 0.5) is 0 Å². The molecule has 0 bridgehead atoms. The number of ether oxygens (including phenoxy) is 3. The maximum atomic E-state index is 13.6. The summed E-state index contributed by atoms with van der Waals surface area (Å²) < 4.78 is 16.3. The average molecular weight is 495 g/mol. The molecule has 0 radical (unpaired) electrons. The van der Waals surface area contributed by atoms with E-state index in [4.69, 9.17) is 14.2 Å². The molecule has 0 aliphatic heterocycles. The molecule has 0 fully saturated rings. The van der Waals surface area contributed by atoms with Crippen LogP contribution < -0.4 is 14.2 Å². The number of benzene rings is 4. The lowest BCUT2D eigenvalue weighted by Crippen LogP contribution is -2.15. The van der Waals surface area contributed by atoms with Crippen LogP contribution in [-0.2, 0) is 6.61 Å². The molecule has 0 saturated heterocycles. The van der Waals surface area contributed by atoms with E-state index in [1.54, 1.807) is 50.6 Å². The van der Waals surface area contributed by atoms with Crippen LogP contribution in [-0.4, -0.2) is 25.8 Å². The summed E-state index contributed by atoms with van der Waals surface area (Å²) in [5.41, 5.74) is 3.09. The molecule has 5 heteroatoms. The molecule has 1 atom stereocenters. The van der Waals surface area contributed by atoms with Crippen molar-refractivity contribution in [1.82, 2.24) is 0 Å². The Hall–Kier alpha value is -4.38. The van der Waals surface area contributed by atoms with Crippen LogP contribution in [0.15, 0.2) is 103 Å². The Morgan fingerprint density at radius 2 is 1.19 bits per heavy atom. The van der Waals surface area contributed by atoms with Crippen molar-refractivity contribution in [3.05, 3.63) is 125 Å². The highest BCUT2D eigenvalue weighted by atomic mass is 16.5. The van der Waals surface area contributed by atoms with Crippen molar-refractivity contribution < 1.29 is 23.8 Å². The normalized spacial score (nSPS) is 11.4. The van der Waals surface area contributed by atoms with Crippen LogP contribution in [0, 0.1) is 0 Å². The van der Waals surface area contributed by atoms with Crippen molar-refractivity contribution in [2.24, 2.45) is 0 Å². The predicted octanol–water partition coefficient (Wildman–Crippen LogP) is 6.91. The molecule has 4 aromatic carbocycles. The highest BCUT2D eigenvalue weighted by molar-refractivity contribution is 6.02. The van der Waals surface area contributed by atoms with Crippen LogP contribution in [0.5, 0.6) is 17.2 Å². The van der Waals surface area contributed by atoms with Crippen LogP contribution in [0.25, 0.3) is 0 Å². The first-order chi connectivity index (χ1) is 18.1. The molecule has 0 spiro atoms. The standard InChI is InChI=1S/C32H30O5/c1-35-27-14-8-24(9-15-27)30(20-21-31(33)25-10-16-28(36-2)17-11-25)32(34)26-12-18-29(19-13-26)37-22-23-6-4-3-5-7-23/h3-19,30H,20-22H2,1-2H3. The van der Waals surface area contributed by atoms with Gasteiger partial charge in [0.25, 0.3) is 0 Å².